The molecule has 1 atom stereocenters. The van der Waals surface area contributed by atoms with E-state index in [1.54, 1.807) is 12.5 Å². The van der Waals surface area contributed by atoms with Gasteiger partial charge in [0.2, 0.25) is 0 Å². The van der Waals surface area contributed by atoms with Crippen LogP contribution in [0.2, 0.25) is 0 Å². The second-order valence-corrected chi connectivity index (χ2v) is 3.14. The zero-order valence-electron chi connectivity index (χ0n) is 8.12. The smallest absolute Gasteiger partial charge is 0.129 e. The molecule has 0 bridgehead atoms. The highest BCUT2D eigenvalue weighted by Gasteiger charge is 1.99. The van der Waals surface area contributed by atoms with Gasteiger partial charge < -0.3 is 10.6 Å². The number of nitrogens with one attached hydrogen (secondary N) is 2. The van der Waals surface area contributed by atoms with Crippen molar-refractivity contribution in [3.8, 4) is 0 Å². The average Bonchev–Trinajstić information content (AvgIpc) is 2.17. The quantitative estimate of drug-likeness (QED) is 0.702. The molecule has 4 heteroatoms. The second-order valence-electron chi connectivity index (χ2n) is 3.14. The maximum absolute atomic E-state index is 4.07. The summed E-state index contributed by atoms with van der Waals surface area (Å²) in [5.74, 6) is 1.48. The van der Waals surface area contributed by atoms with E-state index < -0.39 is 0 Å². The lowest BCUT2D eigenvalue weighted by Gasteiger charge is -2.11. The van der Waals surface area contributed by atoms with E-state index in [9.17, 15) is 0 Å². The van der Waals surface area contributed by atoms with Gasteiger partial charge in [0.15, 0.2) is 0 Å². The number of hydrogen-bond acceptors (Lipinski definition) is 4. The lowest BCUT2D eigenvalue weighted by molar-refractivity contribution is 0.569. The zero-order valence-corrected chi connectivity index (χ0v) is 8.12. The summed E-state index contributed by atoms with van der Waals surface area (Å²) in [6.45, 7) is 4.13. The molecular weight excluding hydrogens is 164 g/mol. The first kappa shape index (κ1) is 9.92. The molecule has 13 heavy (non-hydrogen) atoms. The summed E-state index contributed by atoms with van der Waals surface area (Å²) in [6, 6.07) is 1.87. The van der Waals surface area contributed by atoms with Crippen molar-refractivity contribution < 1.29 is 0 Å². The van der Waals surface area contributed by atoms with Gasteiger partial charge in [0.05, 0.1) is 0 Å². The van der Waals surface area contributed by atoms with Crippen LogP contribution in [-0.2, 0) is 0 Å². The van der Waals surface area contributed by atoms with E-state index in [4.69, 9.17) is 0 Å². The van der Waals surface area contributed by atoms with Crippen LogP contribution in [0.15, 0.2) is 18.6 Å². The molecule has 0 spiro atoms. The standard InChI is InChI=1S/C9H16N4/c1-8(5-10-2)6-12-9-3-4-11-7-13-9/h3-4,7-8,10H,5-6H2,1-2H3,(H,11,12,13). The maximum atomic E-state index is 4.07. The van der Waals surface area contributed by atoms with Gasteiger partial charge >= 0.3 is 0 Å². The fraction of sp³-hybridized carbons (Fsp3) is 0.556. The van der Waals surface area contributed by atoms with E-state index in [-0.39, 0.29) is 0 Å². The van der Waals surface area contributed by atoms with E-state index in [2.05, 4.69) is 27.5 Å². The molecule has 0 aliphatic carbocycles. The molecule has 0 saturated heterocycles. The number of rotatable bonds is 5. The van der Waals surface area contributed by atoms with Gasteiger partial charge in [0.1, 0.15) is 12.1 Å². The molecule has 1 heterocycles. The topological polar surface area (TPSA) is 49.8 Å². The van der Waals surface area contributed by atoms with Gasteiger partial charge in [-0.1, -0.05) is 6.92 Å². The Bertz CT molecular complexity index is 224. The largest absolute Gasteiger partial charge is 0.370 e. The monoisotopic (exact) mass is 180 g/mol. The van der Waals surface area contributed by atoms with Gasteiger partial charge in [-0.15, -0.1) is 0 Å². The van der Waals surface area contributed by atoms with Crippen LogP contribution < -0.4 is 10.6 Å². The molecule has 0 aliphatic heterocycles. The Morgan fingerprint density at radius 2 is 2.31 bits per heavy atom. The summed E-state index contributed by atoms with van der Waals surface area (Å²) in [4.78, 5) is 7.91. The minimum absolute atomic E-state index is 0.597. The average molecular weight is 180 g/mol. The molecule has 1 aromatic rings. The molecule has 0 radical (unpaired) electrons. The molecule has 1 unspecified atom stereocenters. The SMILES string of the molecule is CNCC(C)CNc1ccncn1. The van der Waals surface area contributed by atoms with E-state index >= 15 is 0 Å². The molecule has 0 fully saturated rings. The first-order chi connectivity index (χ1) is 6.33. The van der Waals surface area contributed by atoms with Crippen LogP contribution in [0.25, 0.3) is 0 Å². The predicted molar refractivity (Wildman–Crippen MR) is 53.6 cm³/mol. The molecule has 72 valence electrons. The molecule has 0 aromatic carbocycles. The minimum atomic E-state index is 0.597. The summed E-state index contributed by atoms with van der Waals surface area (Å²) in [6.07, 6.45) is 3.28. The van der Waals surface area contributed by atoms with Gasteiger partial charge in [-0.25, -0.2) is 9.97 Å². The number of anilines is 1. The van der Waals surface area contributed by atoms with Crippen LogP contribution in [0.1, 0.15) is 6.92 Å². The number of hydrogen-bond donors (Lipinski definition) is 2. The molecule has 0 amide bonds. The Morgan fingerprint density at radius 1 is 1.46 bits per heavy atom. The summed E-state index contributed by atoms with van der Waals surface area (Å²) >= 11 is 0. The summed E-state index contributed by atoms with van der Waals surface area (Å²) in [7, 11) is 1.96. The van der Waals surface area contributed by atoms with Crippen molar-refractivity contribution in [3.05, 3.63) is 18.6 Å². The zero-order chi connectivity index (χ0) is 9.52. The van der Waals surface area contributed by atoms with E-state index in [0.29, 0.717) is 5.92 Å². The van der Waals surface area contributed by atoms with Gasteiger partial charge in [-0.3, -0.25) is 0 Å². The van der Waals surface area contributed by atoms with E-state index in [1.165, 1.54) is 0 Å². The summed E-state index contributed by atoms with van der Waals surface area (Å²) < 4.78 is 0. The van der Waals surface area contributed by atoms with Gasteiger partial charge in [0, 0.05) is 12.7 Å². The van der Waals surface area contributed by atoms with Crippen LogP contribution in [0.4, 0.5) is 5.82 Å². The Hall–Kier alpha value is -1.16. The third-order valence-electron chi connectivity index (χ3n) is 1.77. The van der Waals surface area contributed by atoms with Crippen molar-refractivity contribution in [1.29, 1.82) is 0 Å². The summed E-state index contributed by atoms with van der Waals surface area (Å²) in [5.41, 5.74) is 0. The predicted octanol–water partition coefficient (Wildman–Crippen LogP) is 0.744. The molecule has 0 aliphatic rings. The molecule has 1 aromatic heterocycles. The molecule has 4 nitrogen and oxygen atoms in total. The van der Waals surface area contributed by atoms with Crippen LogP contribution in [-0.4, -0.2) is 30.1 Å². The highest BCUT2D eigenvalue weighted by atomic mass is 15.0. The van der Waals surface area contributed by atoms with Crippen LogP contribution in [0, 0.1) is 5.92 Å². The van der Waals surface area contributed by atoms with Crippen LogP contribution in [0.3, 0.4) is 0 Å². The number of nitrogens with zero attached hydrogens (tertiary/aromatic N) is 2. The molecule has 0 saturated carbocycles. The first-order valence-corrected chi connectivity index (χ1v) is 4.47. The van der Waals surface area contributed by atoms with Crippen molar-refractivity contribution in [2.24, 2.45) is 5.92 Å². The van der Waals surface area contributed by atoms with Gasteiger partial charge in [-0.05, 0) is 25.6 Å². The molecule has 2 N–H and O–H groups in total. The fourth-order valence-electron chi connectivity index (χ4n) is 1.09. The van der Waals surface area contributed by atoms with E-state index in [1.807, 2.05) is 13.1 Å². The molecular formula is C9H16N4. The highest BCUT2D eigenvalue weighted by Crippen LogP contribution is 2.00. The Balaban J connectivity index is 2.27. The Kier molecular flexibility index (Phi) is 4.18. The molecule has 1 rings (SSSR count). The normalized spacial score (nSPS) is 12.5. The van der Waals surface area contributed by atoms with Gasteiger partial charge in [-0.2, -0.15) is 0 Å². The van der Waals surface area contributed by atoms with Crippen LogP contribution in [0.5, 0.6) is 0 Å². The van der Waals surface area contributed by atoms with Crippen LogP contribution >= 0.6 is 0 Å². The maximum Gasteiger partial charge on any atom is 0.129 e. The van der Waals surface area contributed by atoms with Gasteiger partial charge in [0.25, 0.3) is 0 Å². The second kappa shape index (κ2) is 5.48. The Labute approximate surface area is 78.8 Å². The van der Waals surface area contributed by atoms with Crippen molar-refractivity contribution in [2.75, 3.05) is 25.5 Å². The lowest BCUT2D eigenvalue weighted by atomic mass is 10.2. The van der Waals surface area contributed by atoms with Crippen molar-refractivity contribution in [1.82, 2.24) is 15.3 Å². The fourth-order valence-corrected chi connectivity index (χ4v) is 1.09. The third-order valence-corrected chi connectivity index (χ3v) is 1.77. The Morgan fingerprint density at radius 3 is 2.92 bits per heavy atom. The lowest BCUT2D eigenvalue weighted by Crippen LogP contribution is -2.23. The highest BCUT2D eigenvalue weighted by molar-refractivity contribution is 5.31. The minimum Gasteiger partial charge on any atom is -0.370 e. The van der Waals surface area contributed by atoms with E-state index in [0.717, 1.165) is 18.9 Å². The summed E-state index contributed by atoms with van der Waals surface area (Å²) in [5, 5.41) is 6.37. The third kappa shape index (κ3) is 3.85. The van der Waals surface area contributed by atoms with Crippen molar-refractivity contribution in [3.63, 3.8) is 0 Å². The van der Waals surface area contributed by atoms with Crippen molar-refractivity contribution >= 4 is 5.82 Å². The van der Waals surface area contributed by atoms with Crippen molar-refractivity contribution in [2.45, 2.75) is 6.92 Å². The first-order valence-electron chi connectivity index (χ1n) is 4.47. The number of aromatic nitrogens is 2.